The lowest BCUT2D eigenvalue weighted by atomic mass is 10.1. The van der Waals surface area contributed by atoms with Crippen LogP contribution in [0.15, 0.2) is 24.3 Å². The van der Waals surface area contributed by atoms with E-state index in [0.717, 1.165) is 31.1 Å². The topological polar surface area (TPSA) is 60.9 Å². The van der Waals surface area contributed by atoms with Crippen molar-refractivity contribution in [1.29, 1.82) is 0 Å². The Hall–Kier alpha value is -1.15. The second-order valence-electron chi connectivity index (χ2n) is 7.31. The summed E-state index contributed by atoms with van der Waals surface area (Å²) in [5.74, 6) is 0.0874. The summed E-state index contributed by atoms with van der Waals surface area (Å²) in [6.07, 6.45) is 1.96. The van der Waals surface area contributed by atoms with Crippen molar-refractivity contribution in [3.8, 4) is 0 Å². The lowest BCUT2D eigenvalue weighted by molar-refractivity contribution is -0.136. The molecule has 1 atom stereocenters. The summed E-state index contributed by atoms with van der Waals surface area (Å²) in [7, 11) is -3.33. The molecule has 0 saturated carbocycles. The number of sulfonamides is 1. The molecule has 8 heteroatoms. The number of piperazine rings is 1. The van der Waals surface area contributed by atoms with Gasteiger partial charge in [-0.3, -0.25) is 9.69 Å². The molecule has 1 aromatic carbocycles. The molecule has 2 aliphatic rings. The van der Waals surface area contributed by atoms with E-state index in [1.165, 1.54) is 9.87 Å². The van der Waals surface area contributed by atoms with Crippen molar-refractivity contribution in [2.75, 3.05) is 38.5 Å². The Morgan fingerprint density at radius 1 is 1.11 bits per heavy atom. The first-order valence-electron chi connectivity index (χ1n) is 9.66. The van der Waals surface area contributed by atoms with Gasteiger partial charge < -0.3 is 4.90 Å². The van der Waals surface area contributed by atoms with Gasteiger partial charge in [-0.15, -0.1) is 0 Å². The minimum Gasteiger partial charge on any atom is -0.339 e. The smallest absolute Gasteiger partial charge is 0.241 e. The third kappa shape index (κ3) is 5.02. The van der Waals surface area contributed by atoms with Crippen LogP contribution in [-0.4, -0.2) is 72.9 Å². The molecule has 2 saturated heterocycles. The fourth-order valence-electron chi connectivity index (χ4n) is 3.88. The minimum absolute atomic E-state index is 0.0293. The number of benzene rings is 1. The zero-order chi connectivity index (χ0) is 19.4. The number of carbonyl (C=O) groups excluding carboxylic acids is 1. The lowest BCUT2D eigenvalue weighted by Crippen LogP contribution is -2.54. The Labute approximate surface area is 167 Å². The number of amides is 1. The molecular weight excluding hydrogens is 386 g/mol. The van der Waals surface area contributed by atoms with Crippen LogP contribution in [0.3, 0.4) is 0 Å². The summed E-state index contributed by atoms with van der Waals surface area (Å²) in [6.45, 7) is 6.03. The number of halogens is 1. The Morgan fingerprint density at radius 3 is 2.41 bits per heavy atom. The molecule has 0 radical (unpaired) electrons. The van der Waals surface area contributed by atoms with Gasteiger partial charge in [-0.25, -0.2) is 8.42 Å². The van der Waals surface area contributed by atoms with Crippen LogP contribution in [0.4, 0.5) is 0 Å². The number of hydrogen-bond acceptors (Lipinski definition) is 4. The predicted octanol–water partition coefficient (Wildman–Crippen LogP) is 2.19. The van der Waals surface area contributed by atoms with Crippen LogP contribution in [0, 0.1) is 0 Å². The predicted molar refractivity (Wildman–Crippen MR) is 107 cm³/mol. The van der Waals surface area contributed by atoms with Gasteiger partial charge in [-0.2, -0.15) is 4.31 Å². The Morgan fingerprint density at radius 2 is 1.78 bits per heavy atom. The monoisotopic (exact) mass is 413 g/mol. The third-order valence-corrected chi connectivity index (χ3v) is 7.64. The molecule has 150 valence electrons. The molecule has 2 fully saturated rings. The molecule has 0 bridgehead atoms. The Kier molecular flexibility index (Phi) is 6.78. The van der Waals surface area contributed by atoms with Gasteiger partial charge in [0.1, 0.15) is 6.04 Å². The van der Waals surface area contributed by atoms with Gasteiger partial charge in [0.15, 0.2) is 0 Å². The number of carbonyl (C=O) groups is 1. The number of hydrogen-bond donors (Lipinski definition) is 0. The van der Waals surface area contributed by atoms with Gasteiger partial charge in [0.05, 0.1) is 5.75 Å². The van der Waals surface area contributed by atoms with Gasteiger partial charge in [0, 0.05) is 44.3 Å². The molecule has 1 amide bonds. The highest BCUT2D eigenvalue weighted by Crippen LogP contribution is 2.24. The zero-order valence-corrected chi connectivity index (χ0v) is 17.4. The molecule has 0 N–H and O–H groups in total. The fraction of sp³-hybridized carbons (Fsp3) is 0.632. The first-order valence-corrected chi connectivity index (χ1v) is 11.6. The summed E-state index contributed by atoms with van der Waals surface area (Å²) in [6, 6.07) is 7.32. The van der Waals surface area contributed by atoms with E-state index in [4.69, 9.17) is 11.6 Å². The van der Waals surface area contributed by atoms with Gasteiger partial charge in [0.25, 0.3) is 0 Å². The summed E-state index contributed by atoms with van der Waals surface area (Å²) in [4.78, 5) is 17.1. The molecule has 3 rings (SSSR count). The Balaban J connectivity index is 1.55. The third-order valence-electron chi connectivity index (χ3n) is 5.31. The second-order valence-corrected chi connectivity index (χ2v) is 9.79. The zero-order valence-electron chi connectivity index (χ0n) is 15.8. The summed E-state index contributed by atoms with van der Waals surface area (Å²) >= 11 is 5.93. The van der Waals surface area contributed by atoms with E-state index in [9.17, 15) is 13.2 Å². The number of nitrogens with zero attached hydrogens (tertiary/aromatic N) is 3. The van der Waals surface area contributed by atoms with Crippen LogP contribution in [0.25, 0.3) is 0 Å². The SMILES string of the molecule is CCCS(=O)(=O)N1CCCC1C(=O)N1CCN(Cc2ccc(Cl)cc2)CC1. The van der Waals surface area contributed by atoms with Crippen LogP contribution in [0.2, 0.25) is 5.02 Å². The fourth-order valence-corrected chi connectivity index (χ4v) is 5.75. The number of rotatable bonds is 6. The van der Waals surface area contributed by atoms with Crippen molar-refractivity contribution in [3.63, 3.8) is 0 Å². The quantitative estimate of drug-likeness (QED) is 0.717. The van der Waals surface area contributed by atoms with Crippen molar-refractivity contribution in [1.82, 2.24) is 14.1 Å². The lowest BCUT2D eigenvalue weighted by Gasteiger charge is -2.37. The van der Waals surface area contributed by atoms with E-state index in [1.807, 2.05) is 36.1 Å². The summed E-state index contributed by atoms with van der Waals surface area (Å²) < 4.78 is 26.3. The first-order chi connectivity index (χ1) is 12.9. The standard InChI is InChI=1S/C19H28ClN3O3S/c1-2-14-27(25,26)23-9-3-4-18(23)19(24)22-12-10-21(11-13-22)15-16-5-7-17(20)8-6-16/h5-8,18H,2-4,9-15H2,1H3. The maximum Gasteiger partial charge on any atom is 0.241 e. The molecule has 0 spiro atoms. The summed E-state index contributed by atoms with van der Waals surface area (Å²) in [5, 5.41) is 0.730. The van der Waals surface area contributed by atoms with E-state index >= 15 is 0 Å². The van der Waals surface area contributed by atoms with E-state index in [-0.39, 0.29) is 11.7 Å². The van der Waals surface area contributed by atoms with Gasteiger partial charge in [0.2, 0.25) is 15.9 Å². The first kappa shape index (κ1) is 20.6. The molecule has 27 heavy (non-hydrogen) atoms. The van der Waals surface area contributed by atoms with Gasteiger partial charge in [-0.1, -0.05) is 30.7 Å². The van der Waals surface area contributed by atoms with Crippen LogP contribution in [-0.2, 0) is 21.4 Å². The average Bonchev–Trinajstić information content (AvgIpc) is 3.14. The average molecular weight is 414 g/mol. The van der Waals surface area contributed by atoms with Crippen LogP contribution < -0.4 is 0 Å². The van der Waals surface area contributed by atoms with Crippen molar-refractivity contribution in [2.45, 2.75) is 38.8 Å². The van der Waals surface area contributed by atoms with E-state index in [0.29, 0.717) is 32.5 Å². The minimum atomic E-state index is -3.33. The molecule has 0 aromatic heterocycles. The highest BCUT2D eigenvalue weighted by molar-refractivity contribution is 7.89. The van der Waals surface area contributed by atoms with Crippen LogP contribution in [0.1, 0.15) is 31.7 Å². The van der Waals surface area contributed by atoms with Crippen molar-refractivity contribution in [3.05, 3.63) is 34.9 Å². The second kappa shape index (κ2) is 8.90. The highest BCUT2D eigenvalue weighted by atomic mass is 35.5. The maximum atomic E-state index is 13.0. The molecule has 6 nitrogen and oxygen atoms in total. The molecule has 1 unspecified atom stereocenters. The normalized spacial score (nSPS) is 22.3. The molecule has 2 heterocycles. The largest absolute Gasteiger partial charge is 0.339 e. The van der Waals surface area contributed by atoms with Crippen molar-refractivity contribution < 1.29 is 13.2 Å². The highest BCUT2D eigenvalue weighted by Gasteiger charge is 2.40. The van der Waals surface area contributed by atoms with Gasteiger partial charge in [-0.05, 0) is 37.0 Å². The van der Waals surface area contributed by atoms with Crippen molar-refractivity contribution >= 4 is 27.5 Å². The maximum absolute atomic E-state index is 13.0. The molecular formula is C19H28ClN3O3S. The van der Waals surface area contributed by atoms with E-state index < -0.39 is 16.1 Å². The molecule has 0 aliphatic carbocycles. The van der Waals surface area contributed by atoms with E-state index in [2.05, 4.69) is 4.90 Å². The van der Waals surface area contributed by atoms with Gasteiger partial charge >= 0.3 is 0 Å². The summed E-state index contributed by atoms with van der Waals surface area (Å²) in [5.41, 5.74) is 1.20. The molecule has 2 aliphatic heterocycles. The van der Waals surface area contributed by atoms with Crippen LogP contribution >= 0.6 is 11.6 Å². The Bertz CT molecular complexity index is 746. The van der Waals surface area contributed by atoms with Crippen molar-refractivity contribution in [2.24, 2.45) is 0 Å². The van der Waals surface area contributed by atoms with E-state index in [1.54, 1.807) is 0 Å². The molecule has 1 aromatic rings. The van der Waals surface area contributed by atoms with Crippen LogP contribution in [0.5, 0.6) is 0 Å².